The summed E-state index contributed by atoms with van der Waals surface area (Å²) in [6.45, 7) is 4.88. The molecule has 1 fully saturated rings. The van der Waals surface area contributed by atoms with Gasteiger partial charge in [-0.2, -0.15) is 18.3 Å². The monoisotopic (exact) mass is 537 g/mol. The van der Waals surface area contributed by atoms with Crippen LogP contribution in [0.4, 0.5) is 19.1 Å². The molecule has 3 heterocycles. The minimum Gasteiger partial charge on any atom is -0.351 e. The van der Waals surface area contributed by atoms with Gasteiger partial charge in [0.25, 0.3) is 0 Å². The summed E-state index contributed by atoms with van der Waals surface area (Å²) in [4.78, 5) is 8.13. The molecule has 13 heteroatoms. The average Bonchev–Trinajstić information content (AvgIpc) is 3.34. The Bertz CT molecular complexity index is 1350. The fourth-order valence-electron chi connectivity index (χ4n) is 4.39. The van der Waals surface area contributed by atoms with Crippen molar-refractivity contribution in [2.45, 2.75) is 45.5 Å². The molecule has 2 N–H and O–H groups in total. The number of nitrogens with one attached hydrogen (secondary N) is 2. The molecular weight excluding hydrogens is 507 g/mol. The molecule has 9 nitrogen and oxygen atoms in total. The molecule has 0 unspecified atom stereocenters. The molecule has 3 aromatic rings. The summed E-state index contributed by atoms with van der Waals surface area (Å²) >= 11 is 0. The SMILES string of the molecule is CCS(=O)(=O)N1CCC(Nc2ncc(C(F)(F)F)c(-c3cnn(-c4ccc(CNC)cc4C)c3)n2)CC1. The largest absolute Gasteiger partial charge is 0.419 e. The number of aryl methyl sites for hydroxylation is 1. The maximum Gasteiger partial charge on any atom is 0.419 e. The third kappa shape index (κ3) is 6.11. The first-order chi connectivity index (χ1) is 17.5. The van der Waals surface area contributed by atoms with E-state index in [0.29, 0.717) is 32.5 Å². The zero-order valence-electron chi connectivity index (χ0n) is 20.9. The van der Waals surface area contributed by atoms with Gasteiger partial charge in [-0.25, -0.2) is 27.4 Å². The standard InChI is InChI=1S/C24H30F3N7O2S/c1-4-37(35,36)33-9-7-19(8-10-33)31-23-29-14-20(24(25,26)27)22(32-23)18-13-30-34(15-18)21-6-5-17(12-28-3)11-16(21)2/h5-6,11,13-15,19,28H,4,7-10,12H2,1-3H3,(H,29,31,32). The van der Waals surface area contributed by atoms with Crippen LogP contribution in [0.5, 0.6) is 0 Å². The van der Waals surface area contributed by atoms with E-state index < -0.39 is 21.8 Å². The highest BCUT2D eigenvalue weighted by molar-refractivity contribution is 7.89. The van der Waals surface area contributed by atoms with Gasteiger partial charge in [0.15, 0.2) is 0 Å². The Morgan fingerprint density at radius 3 is 2.51 bits per heavy atom. The van der Waals surface area contributed by atoms with E-state index >= 15 is 0 Å². The van der Waals surface area contributed by atoms with Crippen molar-refractivity contribution in [3.63, 3.8) is 0 Å². The van der Waals surface area contributed by atoms with Crippen molar-refractivity contribution in [1.29, 1.82) is 0 Å². The van der Waals surface area contributed by atoms with E-state index in [2.05, 4.69) is 25.7 Å². The topological polar surface area (TPSA) is 105 Å². The maximum absolute atomic E-state index is 13.8. The predicted molar refractivity (Wildman–Crippen MR) is 135 cm³/mol. The van der Waals surface area contributed by atoms with Gasteiger partial charge in [0.05, 0.1) is 23.3 Å². The minimum atomic E-state index is -4.65. The second kappa shape index (κ2) is 10.8. The third-order valence-electron chi connectivity index (χ3n) is 6.38. The lowest BCUT2D eigenvalue weighted by Gasteiger charge is -2.31. The third-order valence-corrected chi connectivity index (χ3v) is 8.27. The second-order valence-electron chi connectivity index (χ2n) is 9.00. The van der Waals surface area contributed by atoms with Gasteiger partial charge in [0.2, 0.25) is 16.0 Å². The summed E-state index contributed by atoms with van der Waals surface area (Å²) in [5, 5.41) is 10.5. The van der Waals surface area contributed by atoms with Crippen molar-refractivity contribution in [3.8, 4) is 16.9 Å². The van der Waals surface area contributed by atoms with Gasteiger partial charge >= 0.3 is 6.18 Å². The number of nitrogens with zero attached hydrogens (tertiary/aromatic N) is 5. The number of hydrogen-bond acceptors (Lipinski definition) is 7. The molecule has 37 heavy (non-hydrogen) atoms. The molecule has 0 bridgehead atoms. The highest BCUT2D eigenvalue weighted by atomic mass is 32.2. The molecule has 0 saturated carbocycles. The van der Waals surface area contributed by atoms with Crippen LogP contribution in [0.3, 0.4) is 0 Å². The highest BCUT2D eigenvalue weighted by Crippen LogP contribution is 2.36. The summed E-state index contributed by atoms with van der Waals surface area (Å²) in [6, 6.07) is 5.65. The van der Waals surface area contributed by atoms with Crippen LogP contribution in [0, 0.1) is 6.92 Å². The zero-order chi connectivity index (χ0) is 26.8. The van der Waals surface area contributed by atoms with E-state index in [1.165, 1.54) is 21.4 Å². The van der Waals surface area contributed by atoms with Gasteiger partial charge in [-0.3, -0.25) is 0 Å². The number of hydrogen-bond donors (Lipinski definition) is 2. The second-order valence-corrected chi connectivity index (χ2v) is 11.3. The summed E-state index contributed by atoms with van der Waals surface area (Å²) in [5.41, 5.74) is 1.75. The van der Waals surface area contributed by atoms with Crippen LogP contribution in [0.25, 0.3) is 16.9 Å². The molecule has 0 spiro atoms. The summed E-state index contributed by atoms with van der Waals surface area (Å²) < 4.78 is 68.6. The lowest BCUT2D eigenvalue weighted by Crippen LogP contribution is -2.43. The molecular formula is C24H30F3N7O2S. The molecule has 200 valence electrons. The first-order valence-corrected chi connectivity index (χ1v) is 13.6. The molecule has 2 aromatic heterocycles. The van der Waals surface area contributed by atoms with Crippen molar-refractivity contribution >= 4 is 16.0 Å². The lowest BCUT2D eigenvalue weighted by molar-refractivity contribution is -0.137. The number of rotatable bonds is 8. The van der Waals surface area contributed by atoms with Gasteiger partial charge in [0, 0.05) is 43.6 Å². The Balaban J connectivity index is 1.59. The van der Waals surface area contributed by atoms with Gasteiger partial charge < -0.3 is 10.6 Å². The number of halogens is 3. The number of aromatic nitrogens is 4. The van der Waals surface area contributed by atoms with E-state index in [-0.39, 0.29) is 29.0 Å². The number of alkyl halides is 3. The molecule has 1 aliphatic rings. The number of benzene rings is 1. The smallest absolute Gasteiger partial charge is 0.351 e. The average molecular weight is 538 g/mol. The molecule has 1 saturated heterocycles. The quantitative estimate of drug-likeness (QED) is 0.452. The van der Waals surface area contributed by atoms with Crippen molar-refractivity contribution < 1.29 is 21.6 Å². The zero-order valence-corrected chi connectivity index (χ0v) is 21.7. The van der Waals surface area contributed by atoms with Crippen LogP contribution in [-0.2, 0) is 22.7 Å². The summed E-state index contributed by atoms with van der Waals surface area (Å²) in [7, 11) is -1.42. The van der Waals surface area contributed by atoms with Crippen LogP contribution in [0.1, 0.15) is 36.5 Å². The Labute approximate surface area is 214 Å². The van der Waals surface area contributed by atoms with Gasteiger partial charge in [0.1, 0.15) is 5.56 Å². The molecule has 0 amide bonds. The molecule has 1 aromatic carbocycles. The minimum absolute atomic E-state index is 0.0315. The number of anilines is 1. The van der Waals surface area contributed by atoms with Crippen molar-refractivity contribution in [3.05, 3.63) is 53.5 Å². The Morgan fingerprint density at radius 2 is 1.89 bits per heavy atom. The van der Waals surface area contributed by atoms with Crippen molar-refractivity contribution in [2.24, 2.45) is 0 Å². The van der Waals surface area contributed by atoms with Crippen LogP contribution >= 0.6 is 0 Å². The summed E-state index contributed by atoms with van der Waals surface area (Å²) in [5.74, 6) is 0.0872. The van der Waals surface area contributed by atoms with Gasteiger partial charge in [-0.05, 0) is 50.9 Å². The maximum atomic E-state index is 13.8. The Kier molecular flexibility index (Phi) is 7.85. The highest BCUT2D eigenvalue weighted by Gasteiger charge is 2.36. The molecule has 4 rings (SSSR count). The normalized spacial score (nSPS) is 15.7. The molecule has 0 aliphatic carbocycles. The Morgan fingerprint density at radius 1 is 1.16 bits per heavy atom. The van der Waals surface area contributed by atoms with E-state index in [1.807, 2.05) is 32.2 Å². The van der Waals surface area contributed by atoms with Crippen LogP contribution in [0.2, 0.25) is 0 Å². The first kappa shape index (κ1) is 27.0. The van der Waals surface area contributed by atoms with Crippen molar-refractivity contribution in [2.75, 3.05) is 31.2 Å². The van der Waals surface area contributed by atoms with Gasteiger partial charge in [-0.1, -0.05) is 12.1 Å². The Hall–Kier alpha value is -3.03. The molecule has 1 aliphatic heterocycles. The fourth-order valence-corrected chi connectivity index (χ4v) is 5.52. The number of piperidine rings is 1. The van der Waals surface area contributed by atoms with E-state index in [1.54, 1.807) is 6.92 Å². The van der Waals surface area contributed by atoms with E-state index in [4.69, 9.17) is 0 Å². The van der Waals surface area contributed by atoms with Crippen LogP contribution in [0.15, 0.2) is 36.8 Å². The van der Waals surface area contributed by atoms with Crippen LogP contribution in [-0.4, -0.2) is 64.4 Å². The van der Waals surface area contributed by atoms with E-state index in [0.717, 1.165) is 23.0 Å². The summed E-state index contributed by atoms with van der Waals surface area (Å²) in [6.07, 6.45) is 0.00231. The molecule has 0 atom stereocenters. The number of sulfonamides is 1. The van der Waals surface area contributed by atoms with Crippen molar-refractivity contribution in [1.82, 2.24) is 29.4 Å². The molecule has 0 radical (unpaired) electrons. The van der Waals surface area contributed by atoms with E-state index in [9.17, 15) is 21.6 Å². The lowest BCUT2D eigenvalue weighted by atomic mass is 10.1. The first-order valence-electron chi connectivity index (χ1n) is 12.0. The fraction of sp³-hybridized carbons (Fsp3) is 0.458. The predicted octanol–water partition coefficient (Wildman–Crippen LogP) is 3.60. The van der Waals surface area contributed by atoms with Crippen LogP contribution < -0.4 is 10.6 Å². The van der Waals surface area contributed by atoms with Gasteiger partial charge in [-0.15, -0.1) is 0 Å².